The van der Waals surface area contributed by atoms with E-state index in [9.17, 15) is 9.67 Å². The fourth-order valence-corrected chi connectivity index (χ4v) is 6.28. The summed E-state index contributed by atoms with van der Waals surface area (Å²) in [6, 6.07) is 7.31. The molecule has 5 aromatic rings. The summed E-state index contributed by atoms with van der Waals surface area (Å²) in [7, 11) is 4.22. The molecule has 1 atom stereocenters. The lowest BCUT2D eigenvalue weighted by atomic mass is 9.99. The van der Waals surface area contributed by atoms with Gasteiger partial charge in [0.15, 0.2) is 0 Å². The normalized spacial score (nSPS) is 12.5. The molecule has 0 radical (unpaired) electrons. The zero-order valence-corrected chi connectivity index (χ0v) is 26.5. The molecule has 0 aliphatic heterocycles. The SMILES string of the molecule is COc1cc(C(O)N(C)C)c(-c2cnn(C)c2)cc1Nc1ncc(Br)c(Nc2ccc3nccnc3c2P(C)(C)=O)n1. The van der Waals surface area contributed by atoms with Gasteiger partial charge in [0.2, 0.25) is 5.95 Å². The number of aromatic nitrogens is 6. The van der Waals surface area contributed by atoms with Crippen LogP contribution in [0.3, 0.4) is 0 Å². The Morgan fingerprint density at radius 2 is 1.83 bits per heavy atom. The highest BCUT2D eigenvalue weighted by molar-refractivity contribution is 9.10. The lowest BCUT2D eigenvalue weighted by Gasteiger charge is -2.23. The van der Waals surface area contributed by atoms with Crippen LogP contribution in [-0.2, 0) is 11.6 Å². The zero-order chi connectivity index (χ0) is 30.2. The Hall–Kier alpha value is -3.90. The summed E-state index contributed by atoms with van der Waals surface area (Å²) >= 11 is 3.53. The van der Waals surface area contributed by atoms with Crippen LogP contribution < -0.4 is 20.7 Å². The Morgan fingerprint density at radius 3 is 2.50 bits per heavy atom. The van der Waals surface area contributed by atoms with Gasteiger partial charge in [0.25, 0.3) is 0 Å². The fraction of sp³-hybridized carbons (Fsp3) is 0.250. The van der Waals surface area contributed by atoms with Crippen LogP contribution in [-0.4, -0.2) is 74.3 Å². The van der Waals surface area contributed by atoms with Crippen molar-refractivity contribution in [1.29, 1.82) is 0 Å². The lowest BCUT2D eigenvalue weighted by Crippen LogP contribution is -2.20. The summed E-state index contributed by atoms with van der Waals surface area (Å²) in [4.78, 5) is 19.7. The Kier molecular flexibility index (Phi) is 8.29. The average molecular weight is 652 g/mol. The quantitative estimate of drug-likeness (QED) is 0.148. The number of anilines is 4. The molecule has 3 heterocycles. The van der Waals surface area contributed by atoms with Gasteiger partial charge in [0.1, 0.15) is 30.5 Å². The van der Waals surface area contributed by atoms with Crippen molar-refractivity contribution >= 4 is 62.6 Å². The monoisotopic (exact) mass is 651 g/mol. The second-order valence-electron chi connectivity index (χ2n) is 10.3. The third-order valence-corrected chi connectivity index (χ3v) is 8.66. The highest BCUT2D eigenvalue weighted by Crippen LogP contribution is 2.42. The van der Waals surface area contributed by atoms with Gasteiger partial charge >= 0.3 is 0 Å². The van der Waals surface area contributed by atoms with E-state index in [2.05, 4.69) is 46.6 Å². The zero-order valence-electron chi connectivity index (χ0n) is 24.0. The third kappa shape index (κ3) is 6.00. The molecular weight excluding hydrogens is 621 g/mol. The molecule has 0 aliphatic rings. The number of fused-ring (bicyclic) bond motifs is 1. The summed E-state index contributed by atoms with van der Waals surface area (Å²) in [6.45, 7) is 3.40. The number of aliphatic hydroxyl groups excluding tert-OH is 1. The first-order valence-corrected chi connectivity index (χ1v) is 16.3. The van der Waals surface area contributed by atoms with E-state index in [4.69, 9.17) is 9.72 Å². The molecule has 3 aromatic heterocycles. The van der Waals surface area contributed by atoms with Gasteiger partial charge in [0, 0.05) is 43.0 Å². The molecule has 0 saturated carbocycles. The van der Waals surface area contributed by atoms with E-state index in [1.165, 1.54) is 0 Å². The molecule has 0 aliphatic carbocycles. The van der Waals surface area contributed by atoms with Crippen molar-refractivity contribution in [3.05, 3.63) is 65.3 Å². The number of halogens is 1. The van der Waals surface area contributed by atoms with E-state index >= 15 is 0 Å². The van der Waals surface area contributed by atoms with Crippen LogP contribution in [0.15, 0.2) is 59.7 Å². The van der Waals surface area contributed by atoms with E-state index in [1.54, 1.807) is 75.0 Å². The minimum Gasteiger partial charge on any atom is -0.495 e. The van der Waals surface area contributed by atoms with Crippen LogP contribution >= 0.6 is 23.1 Å². The molecule has 1 unspecified atom stereocenters. The number of hydrogen-bond donors (Lipinski definition) is 3. The molecular formula is C28H31BrN9O3P. The molecule has 0 spiro atoms. The number of nitrogens with zero attached hydrogens (tertiary/aromatic N) is 7. The second-order valence-corrected chi connectivity index (χ2v) is 14.3. The van der Waals surface area contributed by atoms with Gasteiger partial charge in [-0.25, -0.2) is 4.98 Å². The maximum Gasteiger partial charge on any atom is 0.229 e. The molecule has 12 nitrogen and oxygen atoms in total. The highest BCUT2D eigenvalue weighted by atomic mass is 79.9. The molecule has 0 saturated heterocycles. The first kappa shape index (κ1) is 29.6. The van der Waals surface area contributed by atoms with Gasteiger partial charge in [-0.2, -0.15) is 10.1 Å². The number of hydrogen-bond acceptors (Lipinski definition) is 11. The van der Waals surface area contributed by atoms with Crippen molar-refractivity contribution in [3.63, 3.8) is 0 Å². The largest absolute Gasteiger partial charge is 0.495 e. The van der Waals surface area contributed by atoms with Crippen LogP contribution in [0, 0.1) is 0 Å². The van der Waals surface area contributed by atoms with Crippen molar-refractivity contribution in [1.82, 2.24) is 34.6 Å². The number of benzene rings is 2. The van der Waals surface area contributed by atoms with Gasteiger partial charge in [-0.3, -0.25) is 19.5 Å². The Balaban J connectivity index is 1.56. The fourth-order valence-electron chi connectivity index (χ4n) is 4.60. The predicted molar refractivity (Wildman–Crippen MR) is 169 cm³/mol. The molecule has 0 fully saturated rings. The van der Waals surface area contributed by atoms with Crippen molar-refractivity contribution in [2.75, 3.05) is 45.2 Å². The summed E-state index contributed by atoms with van der Waals surface area (Å²) < 4.78 is 21.4. The predicted octanol–water partition coefficient (Wildman–Crippen LogP) is 4.88. The van der Waals surface area contributed by atoms with Gasteiger partial charge in [-0.05, 0) is 73.2 Å². The molecule has 218 valence electrons. The van der Waals surface area contributed by atoms with E-state index in [-0.39, 0.29) is 5.95 Å². The second kappa shape index (κ2) is 11.8. The molecule has 0 bridgehead atoms. The Labute approximate surface area is 251 Å². The summed E-state index contributed by atoms with van der Waals surface area (Å²) in [5.41, 5.74) is 4.69. The molecule has 5 rings (SSSR count). The number of methoxy groups -OCH3 is 1. The molecule has 3 N–H and O–H groups in total. The maximum absolute atomic E-state index is 13.4. The Morgan fingerprint density at radius 1 is 1.07 bits per heavy atom. The average Bonchev–Trinajstić information content (AvgIpc) is 3.39. The summed E-state index contributed by atoms with van der Waals surface area (Å²) in [5.74, 6) is 1.24. The number of nitrogens with one attached hydrogen (secondary N) is 2. The summed E-state index contributed by atoms with van der Waals surface area (Å²) in [6.07, 6.45) is 7.55. The number of ether oxygens (including phenoxy) is 1. The molecule has 42 heavy (non-hydrogen) atoms. The molecule has 14 heteroatoms. The van der Waals surface area contributed by atoms with Gasteiger partial charge in [0.05, 0.1) is 40.0 Å². The van der Waals surface area contributed by atoms with Crippen LogP contribution in [0.5, 0.6) is 5.75 Å². The van der Waals surface area contributed by atoms with Crippen molar-refractivity contribution in [3.8, 4) is 16.9 Å². The number of rotatable bonds is 9. The number of aryl methyl sites for hydroxylation is 1. The standard InChI is InChI=1S/C28H31BrN9O3P/c1-37(2)27(39)18-12-23(41-4)22(11-17(18)16-13-33-38(3)15-16)35-28-32-14-19(29)26(36-28)34-21-8-7-20-24(31-10-9-30-20)25(21)42(5,6)40/h7-15,27,39H,1-6H3,(H2,32,34,35,36). The molecule has 0 amide bonds. The first-order valence-electron chi connectivity index (χ1n) is 12.9. The topological polar surface area (TPSA) is 143 Å². The smallest absolute Gasteiger partial charge is 0.229 e. The van der Waals surface area contributed by atoms with Gasteiger partial charge in [-0.15, -0.1) is 0 Å². The van der Waals surface area contributed by atoms with E-state index in [0.717, 1.165) is 11.1 Å². The van der Waals surface area contributed by atoms with Crippen molar-refractivity contribution in [2.24, 2.45) is 7.05 Å². The van der Waals surface area contributed by atoms with E-state index < -0.39 is 13.4 Å². The van der Waals surface area contributed by atoms with Crippen molar-refractivity contribution in [2.45, 2.75) is 6.23 Å². The minimum atomic E-state index is -2.77. The third-order valence-electron chi connectivity index (χ3n) is 6.55. The van der Waals surface area contributed by atoms with Crippen molar-refractivity contribution < 1.29 is 14.4 Å². The van der Waals surface area contributed by atoms with Crippen LogP contribution in [0.25, 0.3) is 22.2 Å². The van der Waals surface area contributed by atoms with E-state index in [0.29, 0.717) is 49.3 Å². The van der Waals surface area contributed by atoms with Crippen LogP contribution in [0.2, 0.25) is 0 Å². The highest BCUT2D eigenvalue weighted by Gasteiger charge is 2.23. The van der Waals surface area contributed by atoms with E-state index in [1.807, 2.05) is 31.4 Å². The molecule has 2 aromatic carbocycles. The first-order chi connectivity index (χ1) is 20.0. The maximum atomic E-state index is 13.4. The van der Waals surface area contributed by atoms with Crippen LogP contribution in [0.4, 0.5) is 23.1 Å². The van der Waals surface area contributed by atoms with Gasteiger partial charge in [-0.1, -0.05) is 0 Å². The number of aliphatic hydroxyl groups is 1. The van der Waals surface area contributed by atoms with Crippen LogP contribution in [0.1, 0.15) is 11.8 Å². The van der Waals surface area contributed by atoms with Gasteiger partial charge < -0.3 is 25.0 Å². The minimum absolute atomic E-state index is 0.287. The lowest BCUT2D eigenvalue weighted by molar-refractivity contribution is 0.0399. The summed E-state index contributed by atoms with van der Waals surface area (Å²) in [5, 5.41) is 22.4. The Bertz CT molecular complexity index is 1820.